The zero-order valence-electron chi connectivity index (χ0n) is 11.9. The van der Waals surface area contributed by atoms with Crippen LogP contribution in [0.2, 0.25) is 0 Å². The van der Waals surface area contributed by atoms with Crippen LogP contribution in [0.3, 0.4) is 0 Å². The number of rotatable bonds is 7. The van der Waals surface area contributed by atoms with E-state index in [9.17, 15) is 31.2 Å². The van der Waals surface area contributed by atoms with Gasteiger partial charge < -0.3 is 10.8 Å². The van der Waals surface area contributed by atoms with Gasteiger partial charge in [-0.25, -0.2) is 17.9 Å². The molecule has 0 unspecified atom stereocenters. The van der Waals surface area contributed by atoms with Gasteiger partial charge in [0.05, 0.1) is 0 Å². The summed E-state index contributed by atoms with van der Waals surface area (Å²) < 4.78 is 60.8. The minimum atomic E-state index is -4.86. The number of nitrogens with one attached hydrogen (secondary N) is 1. The molecule has 1 aromatic rings. The summed E-state index contributed by atoms with van der Waals surface area (Å²) in [6.07, 6.45) is -1.46. The number of aromatic nitrogens is 2. The van der Waals surface area contributed by atoms with Crippen molar-refractivity contribution in [2.75, 3.05) is 18.0 Å². The summed E-state index contributed by atoms with van der Waals surface area (Å²) in [5.41, 5.74) is 4.67. The summed E-state index contributed by atoms with van der Waals surface area (Å²) in [5, 5.41) is 8.64. The Morgan fingerprint density at radius 1 is 1.46 bits per heavy atom. The lowest BCUT2D eigenvalue weighted by molar-refractivity contribution is -0.137. The third-order valence-corrected chi connectivity index (χ3v) is 3.74. The topological polar surface area (TPSA) is 144 Å². The van der Waals surface area contributed by atoms with E-state index in [1.807, 2.05) is 0 Å². The van der Waals surface area contributed by atoms with Crippen LogP contribution in [0.15, 0.2) is 17.1 Å². The van der Waals surface area contributed by atoms with Gasteiger partial charge in [-0.1, -0.05) is 12.2 Å². The Labute approximate surface area is 133 Å². The van der Waals surface area contributed by atoms with Crippen LogP contribution in [0.25, 0.3) is 6.08 Å². The first-order valence-corrected chi connectivity index (χ1v) is 7.84. The summed E-state index contributed by atoms with van der Waals surface area (Å²) in [4.78, 5) is 25.4. The maximum Gasteiger partial charge on any atom is 0.404 e. The van der Waals surface area contributed by atoms with Crippen molar-refractivity contribution in [3.63, 3.8) is 0 Å². The Bertz CT molecular complexity index is 801. The molecular weight excluding hydrogens is 357 g/mol. The number of carboxylic acid groups (broad SMARTS) is 1. The van der Waals surface area contributed by atoms with Crippen LogP contribution < -0.4 is 16.1 Å². The number of carbonyl (C=O) groups is 1. The highest BCUT2D eigenvalue weighted by atomic mass is 32.2. The van der Waals surface area contributed by atoms with E-state index in [0.717, 1.165) is 16.8 Å². The van der Waals surface area contributed by atoms with Crippen molar-refractivity contribution in [2.24, 2.45) is 0 Å². The predicted octanol–water partition coefficient (Wildman–Crippen LogP) is -0.595. The van der Waals surface area contributed by atoms with Gasteiger partial charge in [-0.3, -0.25) is 9.36 Å². The largest absolute Gasteiger partial charge is 0.480 e. The van der Waals surface area contributed by atoms with Gasteiger partial charge in [0, 0.05) is 18.3 Å². The van der Waals surface area contributed by atoms with E-state index in [0.29, 0.717) is 0 Å². The van der Waals surface area contributed by atoms with Crippen molar-refractivity contribution in [3.8, 4) is 0 Å². The molecule has 0 radical (unpaired) electrons. The van der Waals surface area contributed by atoms with Crippen LogP contribution in [0.1, 0.15) is 5.56 Å². The van der Waals surface area contributed by atoms with Crippen LogP contribution in [0.4, 0.5) is 19.0 Å². The summed E-state index contributed by atoms with van der Waals surface area (Å²) in [7, 11) is -4.54. The average Bonchev–Trinajstić information content (AvgIpc) is 2.36. The van der Waals surface area contributed by atoms with Crippen molar-refractivity contribution in [2.45, 2.75) is 12.7 Å². The van der Waals surface area contributed by atoms with Gasteiger partial charge >= 0.3 is 17.8 Å². The summed E-state index contributed by atoms with van der Waals surface area (Å²) in [6, 6.07) is 0. The molecule has 0 aliphatic carbocycles. The average molecular weight is 370 g/mol. The second-order valence-corrected chi connectivity index (χ2v) is 6.32. The molecule has 1 heterocycles. The number of alkyl halides is 3. The standard InChI is InChI=1S/C11H13F3N4O5S/c12-11(13,14)6-24(22,23)16-3-1-2-7-4-18(5-8(19)20)10(21)17-9(7)15/h1-2,4,16H,3,5-6H2,(H,19,20)(H2,15,17,21)/b2-1+. The Balaban J connectivity index is 2.81. The van der Waals surface area contributed by atoms with Crippen molar-refractivity contribution in [1.29, 1.82) is 0 Å². The molecule has 13 heteroatoms. The molecule has 0 fully saturated rings. The molecule has 0 atom stereocenters. The lowest BCUT2D eigenvalue weighted by Gasteiger charge is -2.07. The zero-order chi connectivity index (χ0) is 18.5. The minimum absolute atomic E-state index is 0.103. The first kappa shape index (κ1) is 19.6. The fourth-order valence-corrected chi connectivity index (χ4v) is 2.42. The number of sulfonamides is 1. The van der Waals surface area contributed by atoms with E-state index in [4.69, 9.17) is 10.8 Å². The molecule has 134 valence electrons. The molecule has 9 nitrogen and oxygen atoms in total. The summed E-state index contributed by atoms with van der Waals surface area (Å²) >= 11 is 0. The second kappa shape index (κ2) is 7.44. The van der Waals surface area contributed by atoms with E-state index in [2.05, 4.69) is 4.98 Å². The van der Waals surface area contributed by atoms with Crippen molar-refractivity contribution < 1.29 is 31.5 Å². The number of hydrogen-bond donors (Lipinski definition) is 3. The van der Waals surface area contributed by atoms with Gasteiger partial charge in [0.25, 0.3) is 0 Å². The van der Waals surface area contributed by atoms with Gasteiger partial charge in [0.1, 0.15) is 12.4 Å². The molecule has 0 aliphatic heterocycles. The van der Waals surface area contributed by atoms with Crippen molar-refractivity contribution >= 4 is 27.9 Å². The highest BCUT2D eigenvalue weighted by molar-refractivity contribution is 7.89. The van der Waals surface area contributed by atoms with Crippen LogP contribution in [0, 0.1) is 0 Å². The molecule has 4 N–H and O–H groups in total. The molecular formula is C11H13F3N4O5S. The molecule has 0 aliphatic rings. The van der Waals surface area contributed by atoms with Gasteiger partial charge in [-0.15, -0.1) is 0 Å². The third kappa shape index (κ3) is 6.78. The smallest absolute Gasteiger partial charge is 0.404 e. The summed E-state index contributed by atoms with van der Waals surface area (Å²) in [6.45, 7) is -1.12. The Morgan fingerprint density at radius 3 is 2.62 bits per heavy atom. The lowest BCUT2D eigenvalue weighted by Crippen LogP contribution is -2.33. The number of nitrogens with zero attached hydrogens (tertiary/aromatic N) is 2. The number of hydrogen-bond acceptors (Lipinski definition) is 6. The molecule has 0 spiro atoms. The Hall–Kier alpha value is -2.41. The number of carboxylic acids is 1. The molecule has 0 aromatic carbocycles. The lowest BCUT2D eigenvalue weighted by atomic mass is 10.3. The first-order valence-electron chi connectivity index (χ1n) is 6.19. The van der Waals surface area contributed by atoms with Gasteiger partial charge in [-0.2, -0.15) is 18.2 Å². The molecule has 0 saturated heterocycles. The van der Waals surface area contributed by atoms with Crippen LogP contribution in [-0.4, -0.2) is 47.5 Å². The molecule has 0 bridgehead atoms. The maximum atomic E-state index is 12.0. The minimum Gasteiger partial charge on any atom is -0.480 e. The van der Waals surface area contributed by atoms with Crippen LogP contribution in [0.5, 0.6) is 0 Å². The number of aliphatic carboxylic acids is 1. The maximum absolute atomic E-state index is 12.0. The van der Waals surface area contributed by atoms with Gasteiger partial charge in [-0.05, 0) is 0 Å². The fraction of sp³-hybridized carbons (Fsp3) is 0.364. The quantitative estimate of drug-likeness (QED) is 0.581. The second-order valence-electron chi connectivity index (χ2n) is 4.51. The Kier molecular flexibility index (Phi) is 6.09. The van der Waals surface area contributed by atoms with Gasteiger partial charge in [0.15, 0.2) is 5.75 Å². The van der Waals surface area contributed by atoms with Crippen molar-refractivity contribution in [1.82, 2.24) is 14.3 Å². The van der Waals surface area contributed by atoms with E-state index < -0.39 is 46.7 Å². The molecule has 0 amide bonds. The normalized spacial score (nSPS) is 12.6. The number of halogens is 3. The highest BCUT2D eigenvalue weighted by Gasteiger charge is 2.34. The van der Waals surface area contributed by atoms with E-state index in [1.54, 1.807) is 4.72 Å². The van der Waals surface area contributed by atoms with Crippen LogP contribution in [-0.2, 0) is 21.4 Å². The van der Waals surface area contributed by atoms with E-state index in [1.165, 1.54) is 6.08 Å². The van der Waals surface area contributed by atoms with Crippen molar-refractivity contribution in [3.05, 3.63) is 28.3 Å². The number of nitrogen functional groups attached to an aromatic ring is 1. The molecule has 24 heavy (non-hydrogen) atoms. The number of anilines is 1. The van der Waals surface area contributed by atoms with E-state index in [-0.39, 0.29) is 11.4 Å². The SMILES string of the molecule is Nc1nc(=O)n(CC(=O)O)cc1/C=C/CNS(=O)(=O)CC(F)(F)F. The fourth-order valence-electron chi connectivity index (χ4n) is 1.54. The third-order valence-electron chi connectivity index (χ3n) is 2.43. The Morgan fingerprint density at radius 2 is 2.08 bits per heavy atom. The first-order chi connectivity index (χ1) is 10.9. The van der Waals surface area contributed by atoms with Crippen LogP contribution >= 0.6 is 0 Å². The zero-order valence-corrected chi connectivity index (χ0v) is 12.8. The molecule has 0 saturated carbocycles. The highest BCUT2D eigenvalue weighted by Crippen LogP contribution is 2.16. The monoisotopic (exact) mass is 370 g/mol. The number of nitrogens with two attached hydrogens (primary N) is 1. The predicted molar refractivity (Wildman–Crippen MR) is 77.4 cm³/mol. The summed E-state index contributed by atoms with van der Waals surface area (Å²) in [5.74, 6) is -3.55. The van der Waals surface area contributed by atoms with E-state index >= 15 is 0 Å². The molecule has 1 rings (SSSR count). The van der Waals surface area contributed by atoms with Gasteiger partial charge in [0.2, 0.25) is 10.0 Å². The molecule has 1 aromatic heterocycles.